The summed E-state index contributed by atoms with van der Waals surface area (Å²) in [6.07, 6.45) is 3.24. The van der Waals surface area contributed by atoms with Gasteiger partial charge in [0.05, 0.1) is 0 Å². The Morgan fingerprint density at radius 1 is 1.29 bits per heavy atom. The third-order valence-corrected chi connectivity index (χ3v) is 3.92. The normalized spacial score (nSPS) is 21.2. The number of halogens is 1. The molecule has 2 unspecified atom stereocenters. The molecule has 0 radical (unpaired) electrons. The molecule has 2 rings (SSSR count). The second kappa shape index (κ2) is 7.31. The standard InChI is InChI=1S/C15H21N3O2.ClH/c1-9-5-6-11(16)8-13(9)15(20)18-12-4-2-3-10(7-12)14(17)19;/h5-6,8,10,12H,2-4,7,16H2,1H3,(H2,17,19)(H,18,20);1H. The molecule has 116 valence electrons. The van der Waals surface area contributed by atoms with Gasteiger partial charge in [0, 0.05) is 23.2 Å². The number of aryl methyl sites for hydroxylation is 1. The van der Waals surface area contributed by atoms with Crippen molar-refractivity contribution in [2.45, 2.75) is 38.6 Å². The van der Waals surface area contributed by atoms with E-state index in [1.54, 1.807) is 12.1 Å². The van der Waals surface area contributed by atoms with Crippen LogP contribution in [0.2, 0.25) is 0 Å². The molecule has 0 aliphatic heterocycles. The Balaban J connectivity index is 0.00000220. The van der Waals surface area contributed by atoms with Crippen molar-refractivity contribution in [2.24, 2.45) is 11.7 Å². The number of carbonyl (C=O) groups excluding carboxylic acids is 2. The summed E-state index contributed by atoms with van der Waals surface area (Å²) < 4.78 is 0. The average Bonchev–Trinajstić information content (AvgIpc) is 2.41. The lowest BCUT2D eigenvalue weighted by Crippen LogP contribution is -2.41. The zero-order chi connectivity index (χ0) is 14.7. The minimum absolute atomic E-state index is 0. The second-order valence-electron chi connectivity index (χ2n) is 5.51. The van der Waals surface area contributed by atoms with Crippen LogP contribution in [-0.4, -0.2) is 17.9 Å². The summed E-state index contributed by atoms with van der Waals surface area (Å²) in [4.78, 5) is 23.5. The molecule has 21 heavy (non-hydrogen) atoms. The van der Waals surface area contributed by atoms with Crippen LogP contribution in [0.1, 0.15) is 41.6 Å². The molecule has 5 N–H and O–H groups in total. The first kappa shape index (κ1) is 17.3. The molecule has 2 amide bonds. The van der Waals surface area contributed by atoms with Gasteiger partial charge in [0.1, 0.15) is 0 Å². The van der Waals surface area contributed by atoms with Crippen LogP contribution in [0.3, 0.4) is 0 Å². The molecular formula is C15H22ClN3O2. The highest BCUT2D eigenvalue weighted by Crippen LogP contribution is 2.24. The first-order chi connectivity index (χ1) is 9.47. The molecule has 1 aromatic rings. The molecule has 1 aliphatic rings. The highest BCUT2D eigenvalue weighted by Gasteiger charge is 2.27. The summed E-state index contributed by atoms with van der Waals surface area (Å²) >= 11 is 0. The minimum Gasteiger partial charge on any atom is -0.399 e. The Labute approximate surface area is 130 Å². The van der Waals surface area contributed by atoms with E-state index in [0.29, 0.717) is 17.7 Å². The smallest absolute Gasteiger partial charge is 0.251 e. The number of hydrogen-bond donors (Lipinski definition) is 3. The molecule has 0 heterocycles. The summed E-state index contributed by atoms with van der Waals surface area (Å²) in [5.41, 5.74) is 13.1. The topological polar surface area (TPSA) is 98.2 Å². The zero-order valence-corrected chi connectivity index (χ0v) is 12.9. The first-order valence-electron chi connectivity index (χ1n) is 6.93. The molecule has 6 heteroatoms. The van der Waals surface area contributed by atoms with Gasteiger partial charge in [-0.2, -0.15) is 0 Å². The summed E-state index contributed by atoms with van der Waals surface area (Å²) in [6.45, 7) is 1.88. The Kier molecular flexibility index (Phi) is 6.03. The fraction of sp³-hybridized carbons (Fsp3) is 0.467. The lowest BCUT2D eigenvalue weighted by molar-refractivity contribution is -0.122. The molecule has 1 aromatic carbocycles. The van der Waals surface area contributed by atoms with Gasteiger partial charge in [-0.3, -0.25) is 9.59 Å². The van der Waals surface area contributed by atoms with Crippen molar-refractivity contribution in [3.63, 3.8) is 0 Å². The van der Waals surface area contributed by atoms with Crippen molar-refractivity contribution >= 4 is 29.9 Å². The van der Waals surface area contributed by atoms with Gasteiger partial charge in [-0.25, -0.2) is 0 Å². The van der Waals surface area contributed by atoms with Gasteiger partial charge in [0.2, 0.25) is 5.91 Å². The maximum Gasteiger partial charge on any atom is 0.251 e. The summed E-state index contributed by atoms with van der Waals surface area (Å²) in [5, 5.41) is 2.99. The van der Waals surface area contributed by atoms with Crippen molar-refractivity contribution in [2.75, 3.05) is 5.73 Å². The van der Waals surface area contributed by atoms with Crippen LogP contribution in [-0.2, 0) is 4.79 Å². The van der Waals surface area contributed by atoms with Crippen LogP contribution in [0.25, 0.3) is 0 Å². The maximum absolute atomic E-state index is 12.3. The predicted molar refractivity (Wildman–Crippen MR) is 85.2 cm³/mol. The van der Waals surface area contributed by atoms with Gasteiger partial charge in [0.25, 0.3) is 5.91 Å². The highest BCUT2D eigenvalue weighted by molar-refractivity contribution is 5.96. The molecule has 1 aliphatic carbocycles. The number of carbonyl (C=O) groups is 2. The molecule has 0 spiro atoms. The van der Waals surface area contributed by atoms with Gasteiger partial charge in [-0.15, -0.1) is 12.4 Å². The first-order valence-corrected chi connectivity index (χ1v) is 6.93. The number of benzene rings is 1. The van der Waals surface area contributed by atoms with E-state index in [1.165, 1.54) is 0 Å². The van der Waals surface area contributed by atoms with E-state index in [2.05, 4.69) is 5.32 Å². The van der Waals surface area contributed by atoms with E-state index in [0.717, 1.165) is 24.8 Å². The van der Waals surface area contributed by atoms with E-state index in [9.17, 15) is 9.59 Å². The Morgan fingerprint density at radius 2 is 2.00 bits per heavy atom. The van der Waals surface area contributed by atoms with Crippen LogP contribution in [0.15, 0.2) is 18.2 Å². The fourth-order valence-electron chi connectivity index (χ4n) is 2.73. The lowest BCUT2D eigenvalue weighted by Gasteiger charge is -2.28. The summed E-state index contributed by atoms with van der Waals surface area (Å²) in [7, 11) is 0. The number of amides is 2. The maximum atomic E-state index is 12.3. The van der Waals surface area contributed by atoms with Crippen molar-refractivity contribution in [3.05, 3.63) is 29.3 Å². The van der Waals surface area contributed by atoms with E-state index < -0.39 is 0 Å². The molecule has 0 bridgehead atoms. The molecule has 1 saturated carbocycles. The molecular weight excluding hydrogens is 290 g/mol. The van der Waals surface area contributed by atoms with Gasteiger partial charge < -0.3 is 16.8 Å². The Hall–Kier alpha value is -1.75. The van der Waals surface area contributed by atoms with Crippen molar-refractivity contribution < 1.29 is 9.59 Å². The van der Waals surface area contributed by atoms with Crippen LogP contribution in [0, 0.1) is 12.8 Å². The van der Waals surface area contributed by atoms with Crippen molar-refractivity contribution in [3.8, 4) is 0 Å². The van der Waals surface area contributed by atoms with Crippen LogP contribution >= 0.6 is 12.4 Å². The number of nitrogen functional groups attached to an aromatic ring is 1. The molecule has 0 aromatic heterocycles. The SMILES string of the molecule is Cc1ccc(N)cc1C(=O)NC1CCCC(C(N)=O)C1.Cl. The average molecular weight is 312 g/mol. The Bertz CT molecular complexity index is 534. The summed E-state index contributed by atoms with van der Waals surface area (Å²) in [6, 6.07) is 5.29. The fourth-order valence-corrected chi connectivity index (χ4v) is 2.73. The van der Waals surface area contributed by atoms with Crippen molar-refractivity contribution in [1.82, 2.24) is 5.32 Å². The number of primary amides is 1. The summed E-state index contributed by atoms with van der Waals surface area (Å²) in [5.74, 6) is -0.537. The largest absolute Gasteiger partial charge is 0.399 e. The molecule has 5 nitrogen and oxygen atoms in total. The molecule has 1 fully saturated rings. The number of anilines is 1. The number of rotatable bonds is 3. The predicted octanol–water partition coefficient (Wildman–Crippen LogP) is 1.77. The van der Waals surface area contributed by atoms with Crippen LogP contribution in [0.5, 0.6) is 0 Å². The third kappa shape index (κ3) is 4.36. The second-order valence-corrected chi connectivity index (χ2v) is 5.51. The van der Waals surface area contributed by atoms with Gasteiger partial charge in [-0.05, 0) is 43.9 Å². The van der Waals surface area contributed by atoms with E-state index >= 15 is 0 Å². The van der Waals surface area contributed by atoms with Gasteiger partial charge in [-0.1, -0.05) is 12.5 Å². The van der Waals surface area contributed by atoms with Gasteiger partial charge in [0.15, 0.2) is 0 Å². The molecule has 0 saturated heterocycles. The van der Waals surface area contributed by atoms with E-state index in [-0.39, 0.29) is 36.2 Å². The number of hydrogen-bond acceptors (Lipinski definition) is 3. The van der Waals surface area contributed by atoms with Crippen LogP contribution in [0.4, 0.5) is 5.69 Å². The third-order valence-electron chi connectivity index (χ3n) is 3.92. The van der Waals surface area contributed by atoms with Crippen LogP contribution < -0.4 is 16.8 Å². The minimum atomic E-state index is -0.274. The Morgan fingerprint density at radius 3 is 2.67 bits per heavy atom. The quantitative estimate of drug-likeness (QED) is 0.742. The zero-order valence-electron chi connectivity index (χ0n) is 12.1. The van der Waals surface area contributed by atoms with E-state index in [1.807, 2.05) is 13.0 Å². The highest BCUT2D eigenvalue weighted by atomic mass is 35.5. The lowest BCUT2D eigenvalue weighted by atomic mass is 9.85. The number of nitrogens with two attached hydrogens (primary N) is 2. The van der Waals surface area contributed by atoms with E-state index in [4.69, 9.17) is 11.5 Å². The van der Waals surface area contributed by atoms with Gasteiger partial charge >= 0.3 is 0 Å². The van der Waals surface area contributed by atoms with Crippen molar-refractivity contribution in [1.29, 1.82) is 0 Å². The number of nitrogens with one attached hydrogen (secondary N) is 1. The molecule has 2 atom stereocenters. The monoisotopic (exact) mass is 311 g/mol.